The topological polar surface area (TPSA) is 57.6 Å². The van der Waals surface area contributed by atoms with Crippen LogP contribution in [0.2, 0.25) is 0 Å². The first kappa shape index (κ1) is 23.3. The summed E-state index contributed by atoms with van der Waals surface area (Å²) in [5.74, 6) is 0.762. The number of aryl methyl sites for hydroxylation is 2. The van der Waals surface area contributed by atoms with Crippen molar-refractivity contribution in [2.24, 2.45) is 0 Å². The van der Waals surface area contributed by atoms with Crippen molar-refractivity contribution in [3.8, 4) is 5.75 Å². The third-order valence-corrected chi connectivity index (χ3v) is 6.75. The Morgan fingerprint density at radius 3 is 2.77 bits per heavy atom. The van der Waals surface area contributed by atoms with E-state index in [4.69, 9.17) is 4.74 Å². The van der Waals surface area contributed by atoms with E-state index in [2.05, 4.69) is 64.7 Å². The van der Waals surface area contributed by atoms with Gasteiger partial charge in [-0.2, -0.15) is 0 Å². The number of hydrogen-bond donors (Lipinski definition) is 2. The Bertz CT molecular complexity index is 1280. The zero-order valence-corrected chi connectivity index (χ0v) is 20.3. The van der Waals surface area contributed by atoms with E-state index < -0.39 is 6.10 Å². The van der Waals surface area contributed by atoms with Gasteiger partial charge in [0, 0.05) is 29.5 Å². The molecule has 0 saturated heterocycles. The summed E-state index contributed by atoms with van der Waals surface area (Å²) in [7, 11) is 2.06. The number of anilines is 2. The van der Waals surface area contributed by atoms with Crippen molar-refractivity contribution in [3.05, 3.63) is 95.7 Å². The standard InChI is InChI=1S/C30H33N3O2/c1-33(20-24(34)21-35-30-15-5-13-28-26(30)11-6-18-31-28)19-7-10-22-9-4-14-29-25(22)17-16-23-8-2-3-12-27(23)32-29/h2-6,8-9,11-15,18,24,32,34H,7,10,16-17,19-21H2,1H3. The lowest BCUT2D eigenvalue weighted by Gasteiger charge is -2.21. The second-order valence-corrected chi connectivity index (χ2v) is 9.38. The number of hydrogen-bond acceptors (Lipinski definition) is 5. The van der Waals surface area contributed by atoms with Gasteiger partial charge >= 0.3 is 0 Å². The number of fused-ring (bicyclic) bond motifs is 3. The van der Waals surface area contributed by atoms with E-state index in [0.29, 0.717) is 6.54 Å². The lowest BCUT2D eigenvalue weighted by molar-refractivity contribution is 0.0767. The molecule has 0 radical (unpaired) electrons. The molecule has 5 heteroatoms. The number of pyridine rings is 1. The predicted octanol–water partition coefficient (Wildman–Crippen LogP) is 5.38. The van der Waals surface area contributed by atoms with Crippen LogP contribution in [0.4, 0.5) is 11.4 Å². The molecule has 1 aliphatic rings. The first-order chi connectivity index (χ1) is 17.2. The van der Waals surface area contributed by atoms with Crippen molar-refractivity contribution >= 4 is 22.3 Å². The van der Waals surface area contributed by atoms with Crippen LogP contribution in [-0.2, 0) is 19.3 Å². The quantitative estimate of drug-likeness (QED) is 0.346. The van der Waals surface area contributed by atoms with E-state index in [1.807, 2.05) is 30.3 Å². The number of aromatic nitrogens is 1. The highest BCUT2D eigenvalue weighted by molar-refractivity contribution is 5.84. The van der Waals surface area contributed by atoms with Gasteiger partial charge in [0.2, 0.25) is 0 Å². The maximum absolute atomic E-state index is 10.6. The molecule has 0 fully saturated rings. The number of nitrogens with one attached hydrogen (secondary N) is 1. The molecular weight excluding hydrogens is 434 g/mol. The molecule has 0 amide bonds. The Labute approximate surface area is 207 Å². The summed E-state index contributed by atoms with van der Waals surface area (Å²) in [6.45, 7) is 1.76. The highest BCUT2D eigenvalue weighted by Crippen LogP contribution is 2.32. The minimum absolute atomic E-state index is 0.261. The molecular formula is C30H33N3O2. The molecule has 3 aromatic carbocycles. The van der Waals surface area contributed by atoms with Crippen LogP contribution < -0.4 is 10.1 Å². The SMILES string of the molecule is CN(CCCc1cccc2c1CCc1ccccc1N2)CC(O)COc1cccc2ncccc12. The molecule has 0 aliphatic carbocycles. The number of benzene rings is 3. The normalized spacial score (nSPS) is 13.6. The van der Waals surface area contributed by atoms with E-state index in [-0.39, 0.29) is 6.61 Å². The van der Waals surface area contributed by atoms with Crippen LogP contribution in [-0.4, -0.2) is 47.8 Å². The van der Waals surface area contributed by atoms with E-state index >= 15 is 0 Å². The number of aliphatic hydroxyl groups excluding tert-OH is 1. The van der Waals surface area contributed by atoms with Crippen molar-refractivity contribution < 1.29 is 9.84 Å². The molecule has 1 aromatic heterocycles. The Kier molecular flexibility index (Phi) is 7.26. The van der Waals surface area contributed by atoms with Crippen molar-refractivity contribution in [2.45, 2.75) is 31.8 Å². The molecule has 4 aromatic rings. The second kappa shape index (κ2) is 10.9. The molecule has 2 N–H and O–H groups in total. The van der Waals surface area contributed by atoms with E-state index in [0.717, 1.165) is 48.9 Å². The lowest BCUT2D eigenvalue weighted by atomic mass is 9.96. The summed E-state index contributed by atoms with van der Waals surface area (Å²) in [6, 6.07) is 24.9. The average molecular weight is 468 g/mol. The van der Waals surface area contributed by atoms with Crippen molar-refractivity contribution in [3.63, 3.8) is 0 Å². The van der Waals surface area contributed by atoms with Gasteiger partial charge in [-0.25, -0.2) is 0 Å². The van der Waals surface area contributed by atoms with E-state index in [1.165, 1.54) is 28.1 Å². The molecule has 5 nitrogen and oxygen atoms in total. The number of para-hydroxylation sites is 1. The average Bonchev–Trinajstić information content (AvgIpc) is 3.07. The van der Waals surface area contributed by atoms with Gasteiger partial charge in [0.1, 0.15) is 18.5 Å². The van der Waals surface area contributed by atoms with Gasteiger partial charge in [-0.3, -0.25) is 4.98 Å². The van der Waals surface area contributed by atoms with Gasteiger partial charge in [0.25, 0.3) is 0 Å². The maximum atomic E-state index is 10.6. The Hall–Kier alpha value is -3.41. The zero-order valence-electron chi connectivity index (χ0n) is 20.3. The second-order valence-electron chi connectivity index (χ2n) is 9.38. The third kappa shape index (κ3) is 5.64. The summed E-state index contributed by atoms with van der Waals surface area (Å²) in [4.78, 5) is 6.55. The number of aliphatic hydroxyl groups is 1. The first-order valence-electron chi connectivity index (χ1n) is 12.5. The molecule has 1 unspecified atom stereocenters. The minimum atomic E-state index is -0.553. The summed E-state index contributed by atoms with van der Waals surface area (Å²) in [5, 5.41) is 15.2. The van der Waals surface area contributed by atoms with Gasteiger partial charge in [-0.15, -0.1) is 0 Å². The Balaban J connectivity index is 1.11. The number of nitrogens with zero attached hydrogens (tertiary/aromatic N) is 2. The molecule has 0 spiro atoms. The van der Waals surface area contributed by atoms with Crippen molar-refractivity contribution in [2.75, 3.05) is 32.1 Å². The fourth-order valence-corrected chi connectivity index (χ4v) is 4.98. The fourth-order valence-electron chi connectivity index (χ4n) is 4.98. The molecule has 5 rings (SSSR count). The van der Waals surface area contributed by atoms with Crippen LogP contribution in [0, 0.1) is 0 Å². The molecule has 180 valence electrons. The lowest BCUT2D eigenvalue weighted by Crippen LogP contribution is -2.33. The monoisotopic (exact) mass is 467 g/mol. The maximum Gasteiger partial charge on any atom is 0.128 e. The van der Waals surface area contributed by atoms with Crippen LogP contribution in [0.1, 0.15) is 23.1 Å². The summed E-state index contributed by atoms with van der Waals surface area (Å²) >= 11 is 0. The summed E-state index contributed by atoms with van der Waals surface area (Å²) in [6.07, 6.45) is 5.42. The number of rotatable bonds is 9. The van der Waals surface area contributed by atoms with Crippen LogP contribution in [0.3, 0.4) is 0 Å². The number of ether oxygens (including phenoxy) is 1. The molecule has 1 aliphatic heterocycles. The van der Waals surface area contributed by atoms with Gasteiger partial charge in [0.05, 0.1) is 5.52 Å². The summed E-state index contributed by atoms with van der Waals surface area (Å²) in [5.41, 5.74) is 7.59. The van der Waals surface area contributed by atoms with Gasteiger partial charge in [-0.05, 0) is 92.4 Å². The molecule has 1 atom stereocenters. The van der Waals surface area contributed by atoms with Gasteiger partial charge < -0.3 is 20.1 Å². The summed E-state index contributed by atoms with van der Waals surface area (Å²) < 4.78 is 5.93. The zero-order chi connectivity index (χ0) is 24.0. The van der Waals surface area contributed by atoms with Crippen LogP contribution in [0.25, 0.3) is 10.9 Å². The molecule has 0 bridgehead atoms. The van der Waals surface area contributed by atoms with Crippen LogP contribution in [0.15, 0.2) is 79.0 Å². The van der Waals surface area contributed by atoms with Gasteiger partial charge in [-0.1, -0.05) is 36.4 Å². The van der Waals surface area contributed by atoms with Crippen molar-refractivity contribution in [1.29, 1.82) is 0 Å². The highest BCUT2D eigenvalue weighted by Gasteiger charge is 2.16. The fraction of sp³-hybridized carbons (Fsp3) is 0.300. The molecule has 35 heavy (non-hydrogen) atoms. The molecule has 2 heterocycles. The minimum Gasteiger partial charge on any atom is -0.490 e. The smallest absolute Gasteiger partial charge is 0.128 e. The third-order valence-electron chi connectivity index (χ3n) is 6.75. The van der Waals surface area contributed by atoms with Crippen LogP contribution >= 0.6 is 0 Å². The largest absolute Gasteiger partial charge is 0.490 e. The Morgan fingerprint density at radius 1 is 0.971 bits per heavy atom. The van der Waals surface area contributed by atoms with Crippen LogP contribution in [0.5, 0.6) is 5.75 Å². The molecule has 0 saturated carbocycles. The first-order valence-corrected chi connectivity index (χ1v) is 12.5. The van der Waals surface area contributed by atoms with E-state index in [1.54, 1.807) is 6.20 Å². The number of likely N-dealkylation sites (N-methyl/N-ethyl adjacent to an activating group) is 1. The highest BCUT2D eigenvalue weighted by atomic mass is 16.5. The van der Waals surface area contributed by atoms with E-state index in [9.17, 15) is 5.11 Å². The predicted molar refractivity (Wildman–Crippen MR) is 143 cm³/mol. The van der Waals surface area contributed by atoms with Crippen molar-refractivity contribution in [1.82, 2.24) is 9.88 Å². The Morgan fingerprint density at radius 2 is 1.83 bits per heavy atom. The van der Waals surface area contributed by atoms with Gasteiger partial charge in [0.15, 0.2) is 0 Å².